The predicted octanol–water partition coefficient (Wildman–Crippen LogP) is 2.02. The Morgan fingerprint density at radius 2 is 2.14 bits per heavy atom. The number of hydrogen-bond donors (Lipinski definition) is 1. The Morgan fingerprint density at radius 1 is 1.64 bits per heavy atom. The van der Waals surface area contributed by atoms with Crippen molar-refractivity contribution in [3.05, 3.63) is 0 Å². The van der Waals surface area contributed by atoms with Gasteiger partial charge in [0.2, 0.25) is 0 Å². The van der Waals surface area contributed by atoms with E-state index in [1.165, 1.54) is 0 Å². The van der Waals surface area contributed by atoms with Crippen molar-refractivity contribution in [2.24, 2.45) is 5.92 Å². The topological polar surface area (TPSA) is 46.5 Å². The van der Waals surface area contributed by atoms with Gasteiger partial charge in [0, 0.05) is 0 Å². The molecule has 0 radical (unpaired) electrons. The standard InChI is InChI=1S/C9H16BrFO3/c1-4-14-8(13)9(10,11)7(12)5-6(2)3/h6-7,12H,4-5H2,1-3H3/t7-,9-/m0/s1. The zero-order valence-corrected chi connectivity index (χ0v) is 10.2. The number of halogens is 2. The molecule has 0 saturated heterocycles. The fourth-order valence-corrected chi connectivity index (χ4v) is 1.26. The first-order chi connectivity index (χ1) is 6.32. The molecule has 0 saturated carbocycles. The Hall–Kier alpha value is -0.160. The number of carbonyl (C=O) groups is 1. The monoisotopic (exact) mass is 270 g/mol. The van der Waals surface area contributed by atoms with Gasteiger partial charge in [0.25, 0.3) is 4.58 Å². The van der Waals surface area contributed by atoms with Gasteiger partial charge in [0.15, 0.2) is 0 Å². The maximum atomic E-state index is 13.6. The Bertz CT molecular complexity index is 194. The molecule has 0 heterocycles. The Balaban J connectivity index is 4.35. The van der Waals surface area contributed by atoms with E-state index in [9.17, 15) is 14.3 Å². The van der Waals surface area contributed by atoms with Gasteiger partial charge >= 0.3 is 5.97 Å². The Labute approximate surface area is 91.8 Å². The fraction of sp³-hybridized carbons (Fsp3) is 0.889. The minimum Gasteiger partial charge on any atom is -0.463 e. The van der Waals surface area contributed by atoms with Gasteiger partial charge in [-0.25, -0.2) is 9.18 Å². The first-order valence-corrected chi connectivity index (χ1v) is 5.34. The summed E-state index contributed by atoms with van der Waals surface area (Å²) in [6, 6.07) is 0. The molecule has 1 N–H and O–H groups in total. The van der Waals surface area contributed by atoms with Crippen LogP contribution in [0.2, 0.25) is 0 Å². The number of carbonyl (C=O) groups excluding carboxylic acids is 1. The van der Waals surface area contributed by atoms with Crippen LogP contribution in [-0.4, -0.2) is 28.4 Å². The minimum atomic E-state index is -2.49. The van der Waals surface area contributed by atoms with Gasteiger partial charge in [-0.3, -0.25) is 0 Å². The van der Waals surface area contributed by atoms with E-state index in [0.29, 0.717) is 0 Å². The van der Waals surface area contributed by atoms with Gasteiger partial charge in [0.05, 0.1) is 6.61 Å². The third kappa shape index (κ3) is 3.92. The van der Waals surface area contributed by atoms with Crippen molar-refractivity contribution in [2.45, 2.75) is 37.9 Å². The van der Waals surface area contributed by atoms with Crippen LogP contribution in [0.15, 0.2) is 0 Å². The lowest BCUT2D eigenvalue weighted by Gasteiger charge is -2.23. The van der Waals surface area contributed by atoms with Gasteiger partial charge in [-0.1, -0.05) is 13.8 Å². The zero-order valence-electron chi connectivity index (χ0n) is 8.59. The minimum absolute atomic E-state index is 0.0878. The molecule has 0 aliphatic carbocycles. The molecular weight excluding hydrogens is 255 g/mol. The second-order valence-electron chi connectivity index (χ2n) is 3.49. The van der Waals surface area contributed by atoms with E-state index in [1.54, 1.807) is 6.92 Å². The number of esters is 1. The summed E-state index contributed by atoms with van der Waals surface area (Å²) < 4.78 is 15.6. The Kier molecular flexibility index (Phi) is 5.59. The van der Waals surface area contributed by atoms with Gasteiger partial charge in [-0.15, -0.1) is 0 Å². The number of alkyl halides is 2. The summed E-state index contributed by atoms with van der Waals surface area (Å²) in [7, 11) is 0. The number of aliphatic hydroxyl groups is 1. The summed E-state index contributed by atoms with van der Waals surface area (Å²) in [5.74, 6) is -0.972. The quantitative estimate of drug-likeness (QED) is 0.614. The van der Waals surface area contributed by atoms with Crippen molar-refractivity contribution in [3.63, 3.8) is 0 Å². The molecule has 0 unspecified atom stereocenters. The Morgan fingerprint density at radius 3 is 2.50 bits per heavy atom. The van der Waals surface area contributed by atoms with Crippen LogP contribution in [0.1, 0.15) is 27.2 Å². The van der Waals surface area contributed by atoms with Crippen LogP contribution in [0, 0.1) is 5.92 Å². The molecule has 0 spiro atoms. The van der Waals surface area contributed by atoms with Crippen molar-refractivity contribution >= 4 is 21.9 Å². The summed E-state index contributed by atoms with van der Waals surface area (Å²) in [6.07, 6.45) is -1.19. The molecular formula is C9H16BrFO3. The van der Waals surface area contributed by atoms with Gasteiger partial charge in [0.1, 0.15) is 6.10 Å². The van der Waals surface area contributed by atoms with Crippen LogP contribution < -0.4 is 0 Å². The van der Waals surface area contributed by atoms with E-state index < -0.39 is 16.7 Å². The molecule has 0 amide bonds. The maximum absolute atomic E-state index is 13.6. The number of rotatable bonds is 5. The molecule has 3 nitrogen and oxygen atoms in total. The van der Waals surface area contributed by atoms with Crippen LogP contribution in [0.5, 0.6) is 0 Å². The third-order valence-corrected chi connectivity index (χ3v) is 2.51. The third-order valence-electron chi connectivity index (χ3n) is 1.66. The highest BCUT2D eigenvalue weighted by Crippen LogP contribution is 2.29. The largest absolute Gasteiger partial charge is 0.463 e. The molecule has 14 heavy (non-hydrogen) atoms. The summed E-state index contributed by atoms with van der Waals surface area (Å²) in [6.45, 7) is 5.33. The SMILES string of the molecule is CCOC(=O)[C@](F)(Br)[C@@H](O)CC(C)C. The van der Waals surface area contributed by atoms with E-state index in [0.717, 1.165) is 0 Å². The van der Waals surface area contributed by atoms with Crippen molar-refractivity contribution in [3.8, 4) is 0 Å². The summed E-state index contributed by atoms with van der Waals surface area (Å²) in [4.78, 5) is 11.1. The van der Waals surface area contributed by atoms with Gasteiger partial charge in [-0.05, 0) is 35.2 Å². The highest BCUT2D eigenvalue weighted by Gasteiger charge is 2.44. The van der Waals surface area contributed by atoms with E-state index in [4.69, 9.17) is 0 Å². The van der Waals surface area contributed by atoms with E-state index in [-0.39, 0.29) is 18.9 Å². The average Bonchev–Trinajstić information content (AvgIpc) is 2.03. The van der Waals surface area contributed by atoms with Crippen LogP contribution in [0.25, 0.3) is 0 Å². The molecule has 2 atom stereocenters. The van der Waals surface area contributed by atoms with Gasteiger partial charge < -0.3 is 9.84 Å². The molecule has 0 fully saturated rings. The molecule has 0 rings (SSSR count). The maximum Gasteiger partial charge on any atom is 0.357 e. The van der Waals surface area contributed by atoms with Crippen LogP contribution in [-0.2, 0) is 9.53 Å². The molecule has 0 aromatic rings. The van der Waals surface area contributed by atoms with Crippen LogP contribution >= 0.6 is 15.9 Å². The molecule has 84 valence electrons. The predicted molar refractivity (Wildman–Crippen MR) is 54.9 cm³/mol. The van der Waals surface area contributed by atoms with Crippen molar-refractivity contribution in [2.75, 3.05) is 6.61 Å². The highest BCUT2D eigenvalue weighted by atomic mass is 79.9. The number of hydrogen-bond acceptors (Lipinski definition) is 3. The van der Waals surface area contributed by atoms with E-state index in [2.05, 4.69) is 20.7 Å². The molecule has 0 aromatic heterocycles. The molecule has 5 heteroatoms. The van der Waals surface area contributed by atoms with Crippen molar-refractivity contribution in [1.29, 1.82) is 0 Å². The number of aliphatic hydroxyl groups excluding tert-OH is 1. The normalized spacial score (nSPS) is 17.6. The van der Waals surface area contributed by atoms with Crippen molar-refractivity contribution < 1.29 is 19.0 Å². The lowest BCUT2D eigenvalue weighted by molar-refractivity contribution is -0.156. The molecule has 0 aliphatic heterocycles. The average molecular weight is 271 g/mol. The summed E-state index contributed by atoms with van der Waals surface area (Å²) in [5, 5.41) is 9.42. The van der Waals surface area contributed by atoms with Crippen LogP contribution in [0.4, 0.5) is 4.39 Å². The second kappa shape index (κ2) is 5.66. The smallest absolute Gasteiger partial charge is 0.357 e. The lowest BCUT2D eigenvalue weighted by atomic mass is 10.0. The molecule has 0 aliphatic rings. The first kappa shape index (κ1) is 13.8. The fourth-order valence-electron chi connectivity index (χ4n) is 0.958. The summed E-state index contributed by atoms with van der Waals surface area (Å²) in [5.41, 5.74) is 0. The van der Waals surface area contributed by atoms with Crippen LogP contribution in [0.3, 0.4) is 0 Å². The summed E-state index contributed by atoms with van der Waals surface area (Å²) >= 11 is 2.55. The highest BCUT2D eigenvalue weighted by molar-refractivity contribution is 9.10. The zero-order chi connectivity index (χ0) is 11.4. The van der Waals surface area contributed by atoms with Crippen molar-refractivity contribution in [1.82, 2.24) is 0 Å². The lowest BCUT2D eigenvalue weighted by Crippen LogP contribution is -2.41. The first-order valence-electron chi connectivity index (χ1n) is 4.55. The molecule has 0 aromatic carbocycles. The number of ether oxygens (including phenoxy) is 1. The van der Waals surface area contributed by atoms with Gasteiger partial charge in [-0.2, -0.15) is 0 Å². The second-order valence-corrected chi connectivity index (χ2v) is 4.64. The van der Waals surface area contributed by atoms with E-state index >= 15 is 0 Å². The molecule has 0 bridgehead atoms. The van der Waals surface area contributed by atoms with E-state index in [1.807, 2.05) is 13.8 Å².